The number of hydrogen-bond acceptors (Lipinski definition) is 2. The Morgan fingerprint density at radius 1 is 0.640 bits per heavy atom. The van der Waals surface area contributed by atoms with Crippen molar-refractivity contribution in [2.75, 3.05) is 6.61 Å². The van der Waals surface area contributed by atoms with E-state index < -0.39 is 5.97 Å². The molecule has 0 unspecified atom stereocenters. The van der Waals surface area contributed by atoms with E-state index in [1.807, 2.05) is 5.92 Å². The van der Waals surface area contributed by atoms with Crippen LogP contribution in [0.3, 0.4) is 0 Å². The Morgan fingerprint density at radius 2 is 0.960 bits per heavy atom. The van der Waals surface area contributed by atoms with E-state index in [4.69, 9.17) is 11.2 Å². The average Bonchev–Trinajstić information content (AvgIpc) is 2.63. The molecule has 0 N–H and O–H groups in total. The van der Waals surface area contributed by atoms with Crippen LogP contribution in [0.1, 0.15) is 122 Å². The standard InChI is InChI=1S/C23H42O2/c1-3-5-6-7-8-9-10-11-12-13-14-15-16-17-18-19-20-21-22-25-23(24)4-2/h2H,3,5-22H2,1H3. The summed E-state index contributed by atoms with van der Waals surface area (Å²) in [5.41, 5.74) is 0. The first-order valence-electron chi connectivity index (χ1n) is 10.9. The Morgan fingerprint density at radius 3 is 1.28 bits per heavy atom. The van der Waals surface area contributed by atoms with Gasteiger partial charge in [-0.25, -0.2) is 4.79 Å². The third-order valence-corrected chi connectivity index (χ3v) is 4.85. The van der Waals surface area contributed by atoms with Gasteiger partial charge in [0, 0.05) is 5.92 Å². The summed E-state index contributed by atoms with van der Waals surface area (Å²) in [5.74, 6) is 1.43. The van der Waals surface area contributed by atoms with E-state index >= 15 is 0 Å². The molecule has 0 heterocycles. The number of terminal acetylenes is 1. The van der Waals surface area contributed by atoms with Crippen LogP contribution in [0, 0.1) is 12.3 Å². The van der Waals surface area contributed by atoms with Crippen LogP contribution in [0.4, 0.5) is 0 Å². The monoisotopic (exact) mass is 350 g/mol. The quantitative estimate of drug-likeness (QED) is 0.106. The number of rotatable bonds is 19. The topological polar surface area (TPSA) is 26.3 Å². The van der Waals surface area contributed by atoms with E-state index in [1.54, 1.807) is 0 Å². The second-order valence-corrected chi connectivity index (χ2v) is 7.29. The molecule has 146 valence electrons. The average molecular weight is 351 g/mol. The second kappa shape index (κ2) is 21.1. The Kier molecular flexibility index (Phi) is 20.3. The van der Waals surface area contributed by atoms with Crippen LogP contribution in [0.2, 0.25) is 0 Å². The highest BCUT2D eigenvalue weighted by Crippen LogP contribution is 2.14. The van der Waals surface area contributed by atoms with E-state index in [9.17, 15) is 4.79 Å². The molecular weight excluding hydrogens is 308 g/mol. The first-order valence-corrected chi connectivity index (χ1v) is 10.9. The van der Waals surface area contributed by atoms with Crippen molar-refractivity contribution in [2.45, 2.75) is 122 Å². The molecule has 0 aromatic carbocycles. The summed E-state index contributed by atoms with van der Waals surface area (Å²) >= 11 is 0. The van der Waals surface area contributed by atoms with Crippen molar-refractivity contribution in [3.05, 3.63) is 0 Å². The molecule has 0 aliphatic rings. The maximum Gasteiger partial charge on any atom is 0.384 e. The van der Waals surface area contributed by atoms with Crippen molar-refractivity contribution < 1.29 is 9.53 Å². The smallest absolute Gasteiger partial charge is 0.384 e. The maximum atomic E-state index is 10.7. The van der Waals surface area contributed by atoms with Gasteiger partial charge in [-0.05, 0) is 6.42 Å². The van der Waals surface area contributed by atoms with E-state index in [0.29, 0.717) is 6.61 Å². The lowest BCUT2D eigenvalue weighted by Crippen LogP contribution is -2.02. The van der Waals surface area contributed by atoms with Gasteiger partial charge >= 0.3 is 5.97 Å². The van der Waals surface area contributed by atoms with Gasteiger partial charge < -0.3 is 4.74 Å². The Bertz CT molecular complexity index is 317. The summed E-state index contributed by atoms with van der Waals surface area (Å²) in [4.78, 5) is 10.7. The lowest BCUT2D eigenvalue weighted by Gasteiger charge is -2.04. The molecule has 0 radical (unpaired) electrons. The molecule has 0 aromatic rings. The molecule has 2 nitrogen and oxygen atoms in total. The highest BCUT2D eigenvalue weighted by atomic mass is 16.5. The van der Waals surface area contributed by atoms with Gasteiger partial charge in [-0.15, -0.1) is 6.42 Å². The summed E-state index contributed by atoms with van der Waals surface area (Å²) in [7, 11) is 0. The number of carbonyl (C=O) groups excluding carboxylic acids is 1. The van der Waals surface area contributed by atoms with E-state index in [0.717, 1.165) is 12.8 Å². The van der Waals surface area contributed by atoms with Gasteiger partial charge in [0.15, 0.2) is 0 Å². The summed E-state index contributed by atoms with van der Waals surface area (Å²) < 4.78 is 4.85. The number of carbonyl (C=O) groups is 1. The zero-order valence-electron chi connectivity index (χ0n) is 16.8. The lowest BCUT2D eigenvalue weighted by molar-refractivity contribution is -0.136. The maximum absolute atomic E-state index is 10.7. The van der Waals surface area contributed by atoms with Crippen LogP contribution < -0.4 is 0 Å². The fourth-order valence-corrected chi connectivity index (χ4v) is 3.21. The summed E-state index contributed by atoms with van der Waals surface area (Å²) in [6.45, 7) is 2.76. The van der Waals surface area contributed by atoms with Crippen LogP contribution >= 0.6 is 0 Å². The fraction of sp³-hybridized carbons (Fsp3) is 0.870. The minimum atomic E-state index is -0.535. The predicted molar refractivity (Wildman–Crippen MR) is 109 cm³/mol. The van der Waals surface area contributed by atoms with Crippen molar-refractivity contribution in [3.8, 4) is 12.3 Å². The highest BCUT2D eigenvalue weighted by Gasteiger charge is 1.97. The summed E-state index contributed by atoms with van der Waals surface area (Å²) in [5, 5.41) is 0. The molecule has 0 rings (SSSR count). The van der Waals surface area contributed by atoms with E-state index in [-0.39, 0.29) is 0 Å². The molecule has 0 spiro atoms. The zero-order chi connectivity index (χ0) is 18.4. The minimum Gasteiger partial charge on any atom is -0.456 e. The molecule has 25 heavy (non-hydrogen) atoms. The predicted octanol–water partition coefficient (Wildman–Crippen LogP) is 7.20. The van der Waals surface area contributed by atoms with Gasteiger partial charge in [0.2, 0.25) is 0 Å². The van der Waals surface area contributed by atoms with Crippen LogP contribution in [0.15, 0.2) is 0 Å². The number of esters is 1. The van der Waals surface area contributed by atoms with Gasteiger partial charge in [0.25, 0.3) is 0 Å². The first-order chi connectivity index (χ1) is 12.3. The van der Waals surface area contributed by atoms with Crippen molar-refractivity contribution >= 4 is 5.97 Å². The third kappa shape index (κ3) is 21.0. The second-order valence-electron chi connectivity index (χ2n) is 7.29. The Balaban J connectivity index is 3.01. The normalized spacial score (nSPS) is 10.6. The fourth-order valence-electron chi connectivity index (χ4n) is 3.21. The van der Waals surface area contributed by atoms with Crippen molar-refractivity contribution in [3.63, 3.8) is 0 Å². The Labute approximate surface area is 157 Å². The minimum absolute atomic E-state index is 0.474. The molecule has 0 aliphatic heterocycles. The van der Waals surface area contributed by atoms with Crippen LogP contribution in [0.25, 0.3) is 0 Å². The summed E-state index contributed by atoms with van der Waals surface area (Å²) in [6.07, 6.45) is 29.4. The van der Waals surface area contributed by atoms with Gasteiger partial charge in [0.1, 0.15) is 0 Å². The first kappa shape index (κ1) is 24.0. The Hall–Kier alpha value is -0.970. The third-order valence-electron chi connectivity index (χ3n) is 4.85. The van der Waals surface area contributed by atoms with Crippen LogP contribution in [0.5, 0.6) is 0 Å². The van der Waals surface area contributed by atoms with Gasteiger partial charge in [-0.1, -0.05) is 116 Å². The molecule has 0 bridgehead atoms. The molecular formula is C23H42O2. The molecule has 2 heteroatoms. The molecule has 0 aromatic heterocycles. The number of hydrogen-bond donors (Lipinski definition) is 0. The largest absolute Gasteiger partial charge is 0.456 e. The van der Waals surface area contributed by atoms with Crippen LogP contribution in [-0.4, -0.2) is 12.6 Å². The molecule has 0 aliphatic carbocycles. The van der Waals surface area contributed by atoms with Gasteiger partial charge in [-0.3, -0.25) is 0 Å². The van der Waals surface area contributed by atoms with Crippen LogP contribution in [-0.2, 0) is 9.53 Å². The lowest BCUT2D eigenvalue weighted by atomic mass is 10.0. The number of ether oxygens (including phenoxy) is 1. The molecule has 0 fully saturated rings. The van der Waals surface area contributed by atoms with E-state index in [1.165, 1.54) is 103 Å². The molecule has 0 atom stereocenters. The highest BCUT2D eigenvalue weighted by molar-refractivity contribution is 5.87. The summed E-state index contributed by atoms with van der Waals surface area (Å²) in [6, 6.07) is 0. The van der Waals surface area contributed by atoms with Gasteiger partial charge in [-0.2, -0.15) is 0 Å². The molecule has 0 saturated heterocycles. The zero-order valence-corrected chi connectivity index (χ0v) is 16.8. The van der Waals surface area contributed by atoms with Gasteiger partial charge in [0.05, 0.1) is 6.61 Å². The van der Waals surface area contributed by atoms with Crippen molar-refractivity contribution in [1.82, 2.24) is 0 Å². The van der Waals surface area contributed by atoms with E-state index in [2.05, 4.69) is 6.92 Å². The van der Waals surface area contributed by atoms with Crippen molar-refractivity contribution in [2.24, 2.45) is 0 Å². The van der Waals surface area contributed by atoms with Crippen molar-refractivity contribution in [1.29, 1.82) is 0 Å². The molecule has 0 amide bonds. The number of unbranched alkanes of at least 4 members (excludes halogenated alkanes) is 17. The molecule has 0 saturated carbocycles. The SMILES string of the molecule is C#CC(=O)OCCCCCCCCCCCCCCCCCCCC.